The minimum absolute atomic E-state index is 0.196. The third-order valence-corrected chi connectivity index (χ3v) is 11.7. The van der Waals surface area contributed by atoms with Crippen molar-refractivity contribution in [1.29, 1.82) is 0 Å². The molecular weight excluding hydrogens is 793 g/mol. The summed E-state index contributed by atoms with van der Waals surface area (Å²) in [5, 5.41) is 15.6. The van der Waals surface area contributed by atoms with Crippen LogP contribution in [0.4, 0.5) is 23.7 Å². The number of ether oxygens (including phenoxy) is 2. The molecule has 0 saturated carbocycles. The van der Waals surface area contributed by atoms with Crippen molar-refractivity contribution in [1.82, 2.24) is 25.2 Å². The quantitative estimate of drug-likeness (QED) is 0.136. The Kier molecular flexibility index (Phi) is 17.5. The molecule has 58 heavy (non-hydrogen) atoms. The van der Waals surface area contributed by atoms with Gasteiger partial charge in [0.1, 0.15) is 11.6 Å². The summed E-state index contributed by atoms with van der Waals surface area (Å²) in [6.45, 7) is 11.7. The number of likely N-dealkylation sites (tertiary alicyclic amines) is 1. The van der Waals surface area contributed by atoms with Gasteiger partial charge in [-0.2, -0.15) is 13.2 Å². The molecule has 1 aromatic carbocycles. The van der Waals surface area contributed by atoms with Crippen LogP contribution >= 0.6 is 0 Å². The summed E-state index contributed by atoms with van der Waals surface area (Å²) < 4.78 is 77.4. The summed E-state index contributed by atoms with van der Waals surface area (Å²) in [4.78, 5) is 79.6. The highest BCUT2D eigenvalue weighted by Gasteiger charge is 2.44. The molecule has 328 valence electrons. The lowest BCUT2D eigenvalue weighted by Crippen LogP contribution is -2.62. The van der Waals surface area contributed by atoms with E-state index in [9.17, 15) is 55.5 Å². The second-order valence-corrected chi connectivity index (χ2v) is 17.0. The van der Waals surface area contributed by atoms with Crippen LogP contribution < -0.4 is 20.7 Å². The first-order valence-corrected chi connectivity index (χ1v) is 20.2. The highest BCUT2D eigenvalue weighted by Crippen LogP contribution is 2.30. The average molecular weight is 851 g/mol. The number of rotatable bonds is 19. The molecule has 0 unspecified atom stereocenters. The Morgan fingerprint density at radius 3 is 2.05 bits per heavy atom. The van der Waals surface area contributed by atoms with Gasteiger partial charge >= 0.3 is 18.2 Å². The van der Waals surface area contributed by atoms with Crippen LogP contribution in [0.2, 0.25) is 0 Å². The van der Waals surface area contributed by atoms with Crippen LogP contribution in [0.3, 0.4) is 0 Å². The van der Waals surface area contributed by atoms with Gasteiger partial charge in [-0.15, -0.1) is 0 Å². The first-order valence-electron chi connectivity index (χ1n) is 18.7. The predicted molar refractivity (Wildman–Crippen MR) is 205 cm³/mol. The fourth-order valence-corrected chi connectivity index (χ4v) is 7.95. The van der Waals surface area contributed by atoms with E-state index in [-0.39, 0.29) is 30.5 Å². The lowest BCUT2D eigenvalue weighted by molar-refractivity contribution is -0.167. The summed E-state index contributed by atoms with van der Waals surface area (Å²) in [6, 6.07) is 1.31. The number of likely N-dealkylation sites (N-methyl/N-ethyl adjacent to an activating group) is 1. The highest BCUT2D eigenvalue weighted by molar-refractivity contribution is 7.90. The monoisotopic (exact) mass is 850 g/mol. The number of halogens is 3. The molecule has 6 amide bonds. The number of hydrogen-bond donors (Lipinski definition) is 5. The van der Waals surface area contributed by atoms with E-state index in [1.54, 1.807) is 26.2 Å². The highest BCUT2D eigenvalue weighted by atomic mass is 32.2. The van der Waals surface area contributed by atoms with Crippen LogP contribution in [0.5, 0.6) is 0 Å². The minimum atomic E-state index is -5.16. The molecule has 5 N–H and O–H groups in total. The van der Waals surface area contributed by atoms with Crippen molar-refractivity contribution in [3.63, 3.8) is 0 Å². The molecular formula is C37H57F3N6O11S. The first-order chi connectivity index (χ1) is 26.7. The number of sulfonamides is 1. The van der Waals surface area contributed by atoms with E-state index < -0.39 is 98.5 Å². The number of benzene rings is 1. The maximum absolute atomic E-state index is 14.1. The van der Waals surface area contributed by atoms with Crippen LogP contribution in [0.15, 0.2) is 29.2 Å². The first kappa shape index (κ1) is 49.6. The van der Waals surface area contributed by atoms with Crippen molar-refractivity contribution >= 4 is 51.3 Å². The summed E-state index contributed by atoms with van der Waals surface area (Å²) in [5.74, 6) is -6.53. The van der Waals surface area contributed by atoms with Gasteiger partial charge in [-0.1, -0.05) is 41.0 Å². The van der Waals surface area contributed by atoms with Crippen molar-refractivity contribution in [3.05, 3.63) is 24.3 Å². The number of amides is 6. The zero-order valence-corrected chi connectivity index (χ0v) is 35.2. The summed E-state index contributed by atoms with van der Waals surface area (Å²) in [6.07, 6.45) is -7.06. The van der Waals surface area contributed by atoms with E-state index in [2.05, 4.69) is 10.6 Å². The SMILES string of the molecule is CC[C@H](C)[C@@H]([C@H](CC(=O)N1CCC[C@H]1[C@H](OC)[C@@H](C)C(=O)NS(=O)(=O)c1ccc(NC(=O)C(F)(F)F)cc1)OC)N(C)C(=O)[C@@H](NC(=O)C(C)(C)NC(=O)O)C(C)C. The lowest BCUT2D eigenvalue weighted by atomic mass is 9.89. The van der Waals surface area contributed by atoms with E-state index >= 15 is 0 Å². The number of nitrogens with zero attached hydrogens (tertiary/aromatic N) is 2. The molecule has 7 atom stereocenters. The molecule has 1 fully saturated rings. The lowest BCUT2D eigenvalue weighted by Gasteiger charge is -2.41. The molecule has 21 heteroatoms. The Bertz CT molecular complexity index is 1740. The van der Waals surface area contributed by atoms with Gasteiger partial charge in [0, 0.05) is 33.5 Å². The topological polar surface area (TPSA) is 230 Å². The third-order valence-electron chi connectivity index (χ3n) is 10.4. The Balaban J connectivity index is 2.27. The van der Waals surface area contributed by atoms with Crippen molar-refractivity contribution in [3.8, 4) is 0 Å². The number of anilines is 1. The third kappa shape index (κ3) is 12.7. The van der Waals surface area contributed by atoms with Crippen LogP contribution in [0.25, 0.3) is 0 Å². The molecule has 1 aliphatic rings. The maximum atomic E-state index is 14.1. The fraction of sp³-hybridized carbons (Fsp3) is 0.676. The summed E-state index contributed by atoms with van der Waals surface area (Å²) >= 11 is 0. The maximum Gasteiger partial charge on any atom is 0.471 e. The van der Waals surface area contributed by atoms with Gasteiger partial charge in [-0.25, -0.2) is 17.9 Å². The van der Waals surface area contributed by atoms with E-state index in [1.165, 1.54) is 44.8 Å². The van der Waals surface area contributed by atoms with E-state index in [4.69, 9.17) is 9.47 Å². The van der Waals surface area contributed by atoms with Gasteiger partial charge in [-0.05, 0) is 62.8 Å². The van der Waals surface area contributed by atoms with Gasteiger partial charge in [0.15, 0.2) is 0 Å². The largest absolute Gasteiger partial charge is 0.471 e. The molecule has 1 heterocycles. The molecule has 1 aliphatic heterocycles. The van der Waals surface area contributed by atoms with Crippen molar-refractivity contribution < 1.29 is 64.9 Å². The van der Waals surface area contributed by atoms with Crippen molar-refractivity contribution in [2.45, 2.75) is 121 Å². The van der Waals surface area contributed by atoms with Crippen LogP contribution in [0, 0.1) is 17.8 Å². The molecule has 0 spiro atoms. The molecule has 0 bridgehead atoms. The number of carbonyl (C=O) groups is 6. The second kappa shape index (κ2) is 20.5. The van der Waals surface area contributed by atoms with E-state index in [1.807, 2.05) is 18.6 Å². The van der Waals surface area contributed by atoms with Gasteiger partial charge < -0.3 is 40.3 Å². The summed E-state index contributed by atoms with van der Waals surface area (Å²) in [7, 11) is -0.254. The van der Waals surface area contributed by atoms with E-state index in [0.29, 0.717) is 19.3 Å². The zero-order chi connectivity index (χ0) is 44.5. The fourth-order valence-electron chi connectivity index (χ4n) is 6.89. The average Bonchev–Trinajstić information content (AvgIpc) is 3.61. The van der Waals surface area contributed by atoms with Gasteiger partial charge in [0.05, 0.1) is 41.5 Å². The Morgan fingerprint density at radius 2 is 1.57 bits per heavy atom. The molecule has 1 aromatic rings. The zero-order valence-electron chi connectivity index (χ0n) is 34.4. The van der Waals surface area contributed by atoms with Gasteiger partial charge in [-0.3, -0.25) is 24.0 Å². The van der Waals surface area contributed by atoms with Crippen molar-refractivity contribution in [2.24, 2.45) is 17.8 Å². The molecule has 17 nitrogen and oxygen atoms in total. The molecule has 0 aromatic heterocycles. The number of carboxylic acid groups (broad SMARTS) is 1. The van der Waals surface area contributed by atoms with Crippen LogP contribution in [-0.2, 0) is 43.5 Å². The summed E-state index contributed by atoms with van der Waals surface area (Å²) in [5.41, 5.74) is -1.87. The predicted octanol–water partition coefficient (Wildman–Crippen LogP) is 3.10. The van der Waals surface area contributed by atoms with Crippen LogP contribution in [0.1, 0.15) is 74.1 Å². The number of hydrogen-bond acceptors (Lipinski definition) is 10. The van der Waals surface area contributed by atoms with E-state index in [0.717, 1.165) is 24.3 Å². The Labute approximate surface area is 337 Å². The number of carbonyl (C=O) groups excluding carboxylic acids is 5. The number of alkyl halides is 3. The minimum Gasteiger partial charge on any atom is -0.465 e. The van der Waals surface area contributed by atoms with Gasteiger partial charge in [0.25, 0.3) is 10.0 Å². The molecule has 0 radical (unpaired) electrons. The molecule has 0 aliphatic carbocycles. The Morgan fingerprint density at radius 1 is 0.983 bits per heavy atom. The number of methoxy groups -OCH3 is 2. The van der Waals surface area contributed by atoms with Crippen molar-refractivity contribution in [2.75, 3.05) is 33.1 Å². The van der Waals surface area contributed by atoms with Gasteiger partial charge in [0.2, 0.25) is 23.6 Å². The normalized spacial score (nSPS) is 18.0. The van der Waals surface area contributed by atoms with Crippen LogP contribution in [-0.4, -0.2) is 129 Å². The molecule has 2 rings (SSSR count). The number of nitrogens with one attached hydrogen (secondary N) is 4. The standard InChI is InChI=1S/C37H57F3N6O11S/c1-11-21(4)29(45(8)32(49)28(20(2)3)42-33(50)36(6,7)43-35(52)53)26(56-9)19-27(47)46-18-12-13-25(46)30(57-10)22(5)31(48)44-58(54,55)24-16-14-23(15-17-24)41-34(51)37(38,39)40/h14-17,20-22,25-26,28-30,43H,11-13,18-19H2,1-10H3,(H,41,51)(H,42,50)(H,44,48)(H,52,53)/t21-,22+,25-,26-,28-,29-,30+/m0/s1. The molecule has 1 saturated heterocycles. The Hall–Kier alpha value is -4.50. The second-order valence-electron chi connectivity index (χ2n) is 15.3. The smallest absolute Gasteiger partial charge is 0.465 e.